The lowest BCUT2D eigenvalue weighted by Crippen LogP contribution is -2.24. The Kier molecular flexibility index (Phi) is 4.42. The first-order valence-electron chi connectivity index (χ1n) is 8.82. The van der Waals surface area contributed by atoms with Crippen molar-refractivity contribution in [3.8, 4) is 5.69 Å². The third-order valence-corrected chi connectivity index (χ3v) is 4.78. The summed E-state index contributed by atoms with van der Waals surface area (Å²) in [6.07, 6.45) is 2.94. The molecule has 0 saturated carbocycles. The van der Waals surface area contributed by atoms with E-state index >= 15 is 0 Å². The molecule has 0 fully saturated rings. The van der Waals surface area contributed by atoms with Crippen LogP contribution in [0.1, 0.15) is 33.7 Å². The number of nitro benzene ring substituents is 1. The Morgan fingerprint density at radius 1 is 1.11 bits per heavy atom. The van der Waals surface area contributed by atoms with E-state index in [1.165, 1.54) is 23.4 Å². The van der Waals surface area contributed by atoms with Gasteiger partial charge in [0.1, 0.15) is 5.56 Å². The van der Waals surface area contributed by atoms with Gasteiger partial charge in [-0.05, 0) is 43.0 Å². The van der Waals surface area contributed by atoms with Crippen LogP contribution in [-0.4, -0.2) is 20.6 Å². The molecular weight excluding hydrogens is 344 g/mol. The van der Waals surface area contributed by atoms with Gasteiger partial charge < -0.3 is 5.32 Å². The molecule has 7 nitrogen and oxygen atoms in total. The van der Waals surface area contributed by atoms with Crippen molar-refractivity contribution in [1.29, 1.82) is 0 Å². The minimum absolute atomic E-state index is 0.0571. The Balaban J connectivity index is 1.58. The summed E-state index contributed by atoms with van der Waals surface area (Å²) >= 11 is 0. The van der Waals surface area contributed by atoms with Crippen LogP contribution in [0.4, 0.5) is 5.69 Å². The van der Waals surface area contributed by atoms with Crippen molar-refractivity contribution in [1.82, 2.24) is 15.1 Å². The maximum absolute atomic E-state index is 12.5. The van der Waals surface area contributed by atoms with Gasteiger partial charge in [-0.15, -0.1) is 0 Å². The number of carbonyl (C=O) groups is 1. The number of aromatic nitrogens is 2. The Hall–Kier alpha value is -3.48. The molecule has 0 unspecified atom stereocenters. The van der Waals surface area contributed by atoms with E-state index in [0.29, 0.717) is 0 Å². The summed E-state index contributed by atoms with van der Waals surface area (Å²) in [7, 11) is 0. The van der Waals surface area contributed by atoms with Crippen molar-refractivity contribution in [3.63, 3.8) is 0 Å². The fraction of sp³-hybridized carbons (Fsp3) is 0.200. The molecule has 2 aromatic carbocycles. The van der Waals surface area contributed by atoms with Crippen LogP contribution >= 0.6 is 0 Å². The number of benzene rings is 2. The minimum Gasteiger partial charge on any atom is -0.346 e. The van der Waals surface area contributed by atoms with Crippen LogP contribution < -0.4 is 5.32 Å². The maximum Gasteiger partial charge on any atom is 0.282 e. The van der Waals surface area contributed by atoms with Crippen LogP contribution in [0.5, 0.6) is 0 Å². The van der Waals surface area contributed by atoms with Crippen LogP contribution in [0, 0.1) is 10.1 Å². The number of rotatable bonds is 5. The van der Waals surface area contributed by atoms with Crippen LogP contribution in [0.15, 0.2) is 54.6 Å². The minimum atomic E-state index is -0.545. The summed E-state index contributed by atoms with van der Waals surface area (Å²) < 4.78 is 1.94. The van der Waals surface area contributed by atoms with Crippen LogP contribution in [0.3, 0.4) is 0 Å². The molecule has 4 rings (SSSR count). The fourth-order valence-electron chi connectivity index (χ4n) is 3.52. The van der Waals surface area contributed by atoms with Gasteiger partial charge in [-0.1, -0.05) is 30.3 Å². The molecule has 0 radical (unpaired) electrons. The SMILES string of the molecule is O=C(NCc1nn(-c2ccccc2)c2c1CCC2)c1ccccc1[N+](=O)[O-]. The topological polar surface area (TPSA) is 90.1 Å². The van der Waals surface area contributed by atoms with Gasteiger partial charge in [0, 0.05) is 11.8 Å². The van der Waals surface area contributed by atoms with E-state index in [-0.39, 0.29) is 17.8 Å². The van der Waals surface area contributed by atoms with Crippen molar-refractivity contribution >= 4 is 11.6 Å². The molecule has 1 heterocycles. The molecule has 3 aromatic rings. The van der Waals surface area contributed by atoms with Crippen LogP contribution in [0.2, 0.25) is 0 Å². The summed E-state index contributed by atoms with van der Waals surface area (Å²) in [5, 5.41) is 18.6. The molecule has 1 aliphatic rings. The van der Waals surface area contributed by atoms with E-state index in [2.05, 4.69) is 5.32 Å². The zero-order valence-electron chi connectivity index (χ0n) is 14.6. The lowest BCUT2D eigenvalue weighted by atomic mass is 10.1. The van der Waals surface area contributed by atoms with E-state index in [1.54, 1.807) is 12.1 Å². The van der Waals surface area contributed by atoms with Gasteiger partial charge >= 0.3 is 0 Å². The summed E-state index contributed by atoms with van der Waals surface area (Å²) in [4.78, 5) is 23.0. The highest BCUT2D eigenvalue weighted by Gasteiger charge is 2.24. The molecule has 1 amide bonds. The molecule has 7 heteroatoms. The highest BCUT2D eigenvalue weighted by Crippen LogP contribution is 2.28. The number of carbonyl (C=O) groups excluding carboxylic acids is 1. The molecule has 0 aliphatic heterocycles. The van der Waals surface area contributed by atoms with E-state index < -0.39 is 10.8 Å². The van der Waals surface area contributed by atoms with E-state index in [1.807, 2.05) is 35.0 Å². The van der Waals surface area contributed by atoms with Gasteiger partial charge in [0.05, 0.1) is 22.8 Å². The van der Waals surface area contributed by atoms with E-state index in [9.17, 15) is 14.9 Å². The summed E-state index contributed by atoms with van der Waals surface area (Å²) in [5.41, 5.74) is 4.01. The third kappa shape index (κ3) is 3.19. The molecule has 0 spiro atoms. The van der Waals surface area contributed by atoms with Crippen molar-refractivity contribution in [2.24, 2.45) is 0 Å². The van der Waals surface area contributed by atoms with Gasteiger partial charge in [0.25, 0.3) is 11.6 Å². The number of hydrogen-bond donors (Lipinski definition) is 1. The number of nitrogens with zero attached hydrogens (tertiary/aromatic N) is 3. The standard InChI is InChI=1S/C20H18N4O3/c25-20(16-9-4-5-11-19(16)24(26)27)21-13-17-15-10-6-12-18(15)23(22-17)14-7-2-1-3-8-14/h1-5,7-9,11H,6,10,12-13H2,(H,21,25). The average Bonchev–Trinajstić information content (AvgIpc) is 3.30. The molecule has 1 aliphatic carbocycles. The van der Waals surface area contributed by atoms with Gasteiger partial charge in [-0.2, -0.15) is 5.10 Å². The molecule has 136 valence electrons. The molecule has 0 saturated heterocycles. The predicted molar refractivity (Wildman–Crippen MR) is 99.9 cm³/mol. The second-order valence-corrected chi connectivity index (χ2v) is 6.43. The van der Waals surface area contributed by atoms with Gasteiger partial charge in [-0.3, -0.25) is 14.9 Å². The Labute approximate surface area is 155 Å². The van der Waals surface area contributed by atoms with Crippen molar-refractivity contribution in [3.05, 3.63) is 87.2 Å². The van der Waals surface area contributed by atoms with E-state index in [4.69, 9.17) is 5.10 Å². The first-order valence-corrected chi connectivity index (χ1v) is 8.82. The Morgan fingerprint density at radius 3 is 2.63 bits per heavy atom. The van der Waals surface area contributed by atoms with Gasteiger partial charge in [0.2, 0.25) is 0 Å². The Bertz CT molecular complexity index is 1010. The summed E-state index contributed by atoms with van der Waals surface area (Å²) in [6.45, 7) is 0.243. The van der Waals surface area contributed by atoms with E-state index in [0.717, 1.165) is 30.6 Å². The highest BCUT2D eigenvalue weighted by atomic mass is 16.6. The van der Waals surface area contributed by atoms with Crippen LogP contribution in [-0.2, 0) is 19.4 Å². The summed E-state index contributed by atoms with van der Waals surface area (Å²) in [5.74, 6) is -0.469. The average molecular weight is 362 g/mol. The van der Waals surface area contributed by atoms with Crippen molar-refractivity contribution < 1.29 is 9.72 Å². The number of para-hydroxylation sites is 2. The van der Waals surface area contributed by atoms with Crippen molar-refractivity contribution in [2.75, 3.05) is 0 Å². The second-order valence-electron chi connectivity index (χ2n) is 6.43. The third-order valence-electron chi connectivity index (χ3n) is 4.78. The molecule has 1 N–H and O–H groups in total. The zero-order valence-corrected chi connectivity index (χ0v) is 14.6. The number of hydrogen-bond acceptors (Lipinski definition) is 4. The second kappa shape index (κ2) is 7.03. The number of amides is 1. The maximum atomic E-state index is 12.5. The van der Waals surface area contributed by atoms with Gasteiger partial charge in [-0.25, -0.2) is 4.68 Å². The van der Waals surface area contributed by atoms with Crippen molar-refractivity contribution in [2.45, 2.75) is 25.8 Å². The largest absolute Gasteiger partial charge is 0.346 e. The first-order chi connectivity index (χ1) is 13.1. The van der Waals surface area contributed by atoms with Crippen LogP contribution in [0.25, 0.3) is 5.69 Å². The smallest absolute Gasteiger partial charge is 0.282 e. The summed E-state index contributed by atoms with van der Waals surface area (Å²) in [6, 6.07) is 15.8. The monoisotopic (exact) mass is 362 g/mol. The lowest BCUT2D eigenvalue weighted by Gasteiger charge is -2.06. The predicted octanol–water partition coefficient (Wildman–Crippen LogP) is 3.20. The molecule has 0 bridgehead atoms. The number of fused-ring (bicyclic) bond motifs is 1. The first kappa shape index (κ1) is 17.0. The lowest BCUT2D eigenvalue weighted by molar-refractivity contribution is -0.385. The quantitative estimate of drug-likeness (QED) is 0.557. The normalized spacial score (nSPS) is 12.6. The molecule has 1 aromatic heterocycles. The molecule has 0 atom stereocenters. The number of nitrogens with one attached hydrogen (secondary N) is 1. The Morgan fingerprint density at radius 2 is 1.85 bits per heavy atom. The highest BCUT2D eigenvalue weighted by molar-refractivity contribution is 5.98. The number of nitro groups is 1. The van der Waals surface area contributed by atoms with Gasteiger partial charge in [0.15, 0.2) is 0 Å². The zero-order chi connectivity index (χ0) is 18.8. The molecule has 27 heavy (non-hydrogen) atoms. The molecular formula is C20H18N4O3. The fourth-order valence-corrected chi connectivity index (χ4v) is 3.52.